The molecule has 2 saturated heterocycles. The molecule has 0 aromatic rings. The zero-order valence-corrected chi connectivity index (χ0v) is 19.8. The minimum absolute atomic E-state index is 0. The third-order valence-electron chi connectivity index (χ3n) is 6.61. The van der Waals surface area contributed by atoms with Crippen LogP contribution in [0.5, 0.6) is 0 Å². The maximum absolute atomic E-state index is 12.3. The van der Waals surface area contributed by atoms with Crippen molar-refractivity contribution in [2.45, 2.75) is 38.1 Å². The van der Waals surface area contributed by atoms with Crippen LogP contribution in [-0.2, 0) is 9.59 Å². The Morgan fingerprint density at radius 1 is 1.03 bits per heavy atom. The van der Waals surface area contributed by atoms with Crippen molar-refractivity contribution >= 4 is 41.8 Å². The Kier molecular flexibility index (Phi) is 8.00. The number of aliphatic imine (C=N–C) groups is 1. The molecular formula is C20H35IN6O2. The lowest BCUT2D eigenvalue weighted by Crippen LogP contribution is -2.56. The van der Waals surface area contributed by atoms with Crippen molar-refractivity contribution in [1.82, 2.24) is 24.9 Å². The Morgan fingerprint density at radius 2 is 1.72 bits per heavy atom. The molecule has 0 radical (unpaired) electrons. The second kappa shape index (κ2) is 10.3. The van der Waals surface area contributed by atoms with Crippen molar-refractivity contribution in [3.05, 3.63) is 0 Å². The molecule has 1 N–H and O–H groups in total. The first-order chi connectivity index (χ1) is 13.7. The molecule has 2 aliphatic heterocycles. The summed E-state index contributed by atoms with van der Waals surface area (Å²) in [6.07, 6.45) is 5.71. The van der Waals surface area contributed by atoms with E-state index < -0.39 is 0 Å². The van der Waals surface area contributed by atoms with Crippen LogP contribution in [0.2, 0.25) is 0 Å². The van der Waals surface area contributed by atoms with Gasteiger partial charge in [-0.2, -0.15) is 0 Å². The Balaban J connectivity index is 0.00000240. The van der Waals surface area contributed by atoms with Crippen LogP contribution in [0, 0.1) is 5.92 Å². The second-order valence-corrected chi connectivity index (χ2v) is 8.51. The molecule has 0 bridgehead atoms. The summed E-state index contributed by atoms with van der Waals surface area (Å²) >= 11 is 0. The van der Waals surface area contributed by atoms with Gasteiger partial charge in [-0.1, -0.05) is 6.42 Å². The molecular weight excluding hydrogens is 483 g/mol. The fraction of sp³-hybridized carbons (Fsp3) is 0.850. The van der Waals surface area contributed by atoms with Gasteiger partial charge in [0.25, 0.3) is 0 Å². The summed E-state index contributed by atoms with van der Waals surface area (Å²) in [5.74, 6) is 1.73. The monoisotopic (exact) mass is 518 g/mol. The summed E-state index contributed by atoms with van der Waals surface area (Å²) in [4.78, 5) is 37.6. The lowest BCUT2D eigenvalue weighted by atomic mass is 9.84. The second-order valence-electron chi connectivity index (χ2n) is 8.51. The van der Waals surface area contributed by atoms with E-state index in [1.54, 1.807) is 7.05 Å². The van der Waals surface area contributed by atoms with Gasteiger partial charge in [0.05, 0.1) is 6.54 Å². The molecule has 2 saturated carbocycles. The zero-order valence-electron chi connectivity index (χ0n) is 17.5. The number of nitrogens with one attached hydrogen (secondary N) is 1. The number of rotatable bonds is 5. The molecule has 4 rings (SSSR count). The number of guanidine groups is 1. The van der Waals surface area contributed by atoms with Gasteiger partial charge in [-0.05, 0) is 25.7 Å². The summed E-state index contributed by atoms with van der Waals surface area (Å²) < 4.78 is 0. The maximum atomic E-state index is 12.3. The van der Waals surface area contributed by atoms with Gasteiger partial charge in [-0.15, -0.1) is 24.0 Å². The number of carbonyl (C=O) groups is 2. The Hall–Kier alpha value is -1.10. The number of piperazine rings is 2. The van der Waals surface area contributed by atoms with E-state index in [-0.39, 0.29) is 29.9 Å². The fourth-order valence-corrected chi connectivity index (χ4v) is 4.40. The highest BCUT2D eigenvalue weighted by Crippen LogP contribution is 2.29. The van der Waals surface area contributed by atoms with Gasteiger partial charge in [-0.3, -0.25) is 19.5 Å². The summed E-state index contributed by atoms with van der Waals surface area (Å²) in [5, 5.41) is 3.42. The van der Waals surface area contributed by atoms with Gasteiger partial charge >= 0.3 is 0 Å². The number of halogens is 1. The molecule has 0 aromatic carbocycles. The lowest BCUT2D eigenvalue weighted by molar-refractivity contribution is -0.140. The molecule has 9 heteroatoms. The Labute approximate surface area is 191 Å². The average Bonchev–Trinajstić information content (AvgIpc) is 3.49. The first kappa shape index (κ1) is 22.6. The SMILES string of the molecule is CN=C(NCCN1CCN(C(=O)C2CCC2)CC1)N1CCN(C2CC2)C(=O)C1.I. The quantitative estimate of drug-likeness (QED) is 0.325. The highest BCUT2D eigenvalue weighted by atomic mass is 127. The molecule has 2 aliphatic carbocycles. The van der Waals surface area contributed by atoms with E-state index in [4.69, 9.17) is 0 Å². The largest absolute Gasteiger partial charge is 0.355 e. The summed E-state index contributed by atoms with van der Waals surface area (Å²) in [6.45, 7) is 7.40. The van der Waals surface area contributed by atoms with Crippen molar-refractivity contribution in [3.8, 4) is 0 Å². The average molecular weight is 518 g/mol. The molecule has 0 spiro atoms. The molecule has 0 aromatic heterocycles. The van der Waals surface area contributed by atoms with Gasteiger partial charge in [0, 0.05) is 71.4 Å². The smallest absolute Gasteiger partial charge is 0.242 e. The van der Waals surface area contributed by atoms with Crippen LogP contribution in [0.3, 0.4) is 0 Å². The van der Waals surface area contributed by atoms with E-state index in [0.29, 0.717) is 24.4 Å². The van der Waals surface area contributed by atoms with Crippen molar-refractivity contribution in [3.63, 3.8) is 0 Å². The van der Waals surface area contributed by atoms with E-state index in [1.807, 2.05) is 4.90 Å². The predicted octanol–water partition coefficient (Wildman–Crippen LogP) is 0.431. The number of nitrogens with zero attached hydrogens (tertiary/aromatic N) is 5. The fourth-order valence-electron chi connectivity index (χ4n) is 4.40. The molecule has 0 atom stereocenters. The van der Waals surface area contributed by atoms with Crippen LogP contribution >= 0.6 is 24.0 Å². The lowest BCUT2D eigenvalue weighted by Gasteiger charge is -2.38. The van der Waals surface area contributed by atoms with Crippen LogP contribution < -0.4 is 5.32 Å². The zero-order chi connectivity index (χ0) is 19.5. The van der Waals surface area contributed by atoms with Crippen molar-refractivity contribution < 1.29 is 9.59 Å². The first-order valence-electron chi connectivity index (χ1n) is 10.9. The van der Waals surface area contributed by atoms with Crippen LogP contribution in [0.1, 0.15) is 32.1 Å². The van der Waals surface area contributed by atoms with Gasteiger partial charge in [0.15, 0.2) is 5.96 Å². The van der Waals surface area contributed by atoms with Crippen LogP contribution in [0.15, 0.2) is 4.99 Å². The predicted molar refractivity (Wildman–Crippen MR) is 123 cm³/mol. The van der Waals surface area contributed by atoms with Crippen LogP contribution in [-0.4, -0.2) is 109 Å². The molecule has 4 fully saturated rings. The van der Waals surface area contributed by atoms with Crippen molar-refractivity contribution in [2.75, 3.05) is 66.0 Å². The molecule has 8 nitrogen and oxygen atoms in total. The molecule has 4 aliphatic rings. The van der Waals surface area contributed by atoms with Gasteiger partial charge < -0.3 is 20.0 Å². The van der Waals surface area contributed by atoms with Crippen LogP contribution in [0.4, 0.5) is 0 Å². The van der Waals surface area contributed by atoms with Gasteiger partial charge in [-0.25, -0.2) is 0 Å². The number of carbonyl (C=O) groups excluding carboxylic acids is 2. The van der Waals surface area contributed by atoms with E-state index in [2.05, 4.69) is 25.0 Å². The third kappa shape index (κ3) is 5.53. The van der Waals surface area contributed by atoms with Gasteiger partial charge in [0.1, 0.15) is 0 Å². The molecule has 2 amide bonds. The topological polar surface area (TPSA) is 71.5 Å². The van der Waals surface area contributed by atoms with E-state index >= 15 is 0 Å². The minimum Gasteiger partial charge on any atom is -0.355 e. The highest BCUT2D eigenvalue weighted by Gasteiger charge is 2.36. The highest BCUT2D eigenvalue weighted by molar-refractivity contribution is 14.0. The summed E-state index contributed by atoms with van der Waals surface area (Å²) in [6, 6.07) is 0.500. The van der Waals surface area contributed by atoms with Crippen molar-refractivity contribution in [1.29, 1.82) is 0 Å². The molecule has 164 valence electrons. The van der Waals surface area contributed by atoms with Crippen molar-refractivity contribution in [2.24, 2.45) is 10.9 Å². The molecule has 2 heterocycles. The normalized spacial score (nSPS) is 24.2. The Bertz CT molecular complexity index is 614. The standard InChI is InChI=1S/C20H34N6O2.HI/c1-21-20(25-13-14-26(17-5-6-17)18(27)15-25)22-7-8-23-9-11-24(12-10-23)19(28)16-3-2-4-16;/h16-17H,2-15H2,1H3,(H,21,22);1H. The van der Waals surface area contributed by atoms with Gasteiger partial charge in [0.2, 0.25) is 11.8 Å². The van der Waals surface area contributed by atoms with Crippen LogP contribution in [0.25, 0.3) is 0 Å². The molecule has 29 heavy (non-hydrogen) atoms. The molecule has 0 unspecified atom stereocenters. The maximum Gasteiger partial charge on any atom is 0.242 e. The number of hydrogen-bond donors (Lipinski definition) is 1. The Morgan fingerprint density at radius 3 is 2.28 bits per heavy atom. The first-order valence-corrected chi connectivity index (χ1v) is 10.9. The van der Waals surface area contributed by atoms with E-state index in [1.165, 1.54) is 6.42 Å². The third-order valence-corrected chi connectivity index (χ3v) is 6.61. The summed E-state index contributed by atoms with van der Waals surface area (Å²) in [7, 11) is 1.78. The van der Waals surface area contributed by atoms with E-state index in [0.717, 1.165) is 84.0 Å². The number of hydrogen-bond acceptors (Lipinski definition) is 4. The summed E-state index contributed by atoms with van der Waals surface area (Å²) in [5.41, 5.74) is 0. The number of amides is 2. The van der Waals surface area contributed by atoms with E-state index in [9.17, 15) is 9.59 Å². The minimum atomic E-state index is 0.